The predicted molar refractivity (Wildman–Crippen MR) is 93.8 cm³/mol. The summed E-state index contributed by atoms with van der Waals surface area (Å²) in [4.78, 5) is 16.7. The Morgan fingerprint density at radius 3 is 2.71 bits per heavy atom. The highest BCUT2D eigenvalue weighted by atomic mass is 16.5. The highest BCUT2D eigenvalue weighted by Crippen LogP contribution is 2.40. The van der Waals surface area contributed by atoms with Crippen molar-refractivity contribution in [2.24, 2.45) is 11.3 Å². The number of carbonyl (C=O) groups is 1. The van der Waals surface area contributed by atoms with Crippen molar-refractivity contribution in [1.82, 2.24) is 15.5 Å². The van der Waals surface area contributed by atoms with Crippen LogP contribution in [-0.2, 0) is 0 Å². The molecule has 2 aromatic heterocycles. The predicted octanol–water partition coefficient (Wildman–Crippen LogP) is 4.26. The van der Waals surface area contributed by atoms with Crippen LogP contribution in [0.2, 0.25) is 0 Å². The van der Waals surface area contributed by atoms with Crippen molar-refractivity contribution in [3.8, 4) is 0 Å². The molecule has 130 valence electrons. The summed E-state index contributed by atoms with van der Waals surface area (Å²) >= 11 is 0. The number of carbonyl (C=O) groups excluding carboxylic acids is 1. The molecule has 1 aliphatic carbocycles. The number of pyridine rings is 1. The molecule has 0 radical (unpaired) electrons. The second-order valence-corrected chi connectivity index (χ2v) is 7.71. The summed E-state index contributed by atoms with van der Waals surface area (Å²) in [7, 11) is 0. The first-order valence-corrected chi connectivity index (χ1v) is 8.93. The van der Waals surface area contributed by atoms with E-state index >= 15 is 0 Å². The van der Waals surface area contributed by atoms with Gasteiger partial charge in [-0.2, -0.15) is 0 Å². The number of aryl methyl sites for hydroxylation is 1. The van der Waals surface area contributed by atoms with Gasteiger partial charge in [0, 0.05) is 12.2 Å². The Morgan fingerprint density at radius 2 is 2.04 bits per heavy atom. The van der Waals surface area contributed by atoms with Crippen molar-refractivity contribution in [2.45, 2.75) is 65.8 Å². The number of amides is 1. The smallest absolute Gasteiger partial charge is 0.257 e. The quantitative estimate of drug-likeness (QED) is 0.910. The van der Waals surface area contributed by atoms with Crippen molar-refractivity contribution < 1.29 is 9.32 Å². The van der Waals surface area contributed by atoms with E-state index < -0.39 is 0 Å². The Morgan fingerprint density at radius 1 is 1.33 bits per heavy atom. The van der Waals surface area contributed by atoms with Crippen LogP contribution < -0.4 is 5.32 Å². The topological polar surface area (TPSA) is 68.0 Å². The van der Waals surface area contributed by atoms with Gasteiger partial charge in [-0.1, -0.05) is 32.3 Å². The SMILES string of the molecule is CCC(C)(C)C1CCC(NC(=O)c2cnc3onc(C)c3c2)CC1. The molecular formula is C19H27N3O2. The average molecular weight is 329 g/mol. The highest BCUT2D eigenvalue weighted by Gasteiger charge is 2.32. The first kappa shape index (κ1) is 16.9. The molecule has 2 aromatic rings. The molecule has 5 heteroatoms. The van der Waals surface area contributed by atoms with Gasteiger partial charge in [0.15, 0.2) is 0 Å². The van der Waals surface area contributed by atoms with E-state index in [1.54, 1.807) is 6.20 Å². The number of nitrogens with one attached hydrogen (secondary N) is 1. The number of nitrogens with zero attached hydrogens (tertiary/aromatic N) is 2. The van der Waals surface area contributed by atoms with E-state index in [4.69, 9.17) is 4.52 Å². The summed E-state index contributed by atoms with van der Waals surface area (Å²) in [6.07, 6.45) is 7.26. The van der Waals surface area contributed by atoms with Crippen LogP contribution in [0.15, 0.2) is 16.8 Å². The number of hydrogen-bond acceptors (Lipinski definition) is 4. The Labute approximate surface area is 143 Å². The minimum absolute atomic E-state index is 0.0526. The molecule has 1 saturated carbocycles. The minimum Gasteiger partial charge on any atom is -0.349 e. The number of fused-ring (bicyclic) bond motifs is 1. The molecule has 0 saturated heterocycles. The minimum atomic E-state index is -0.0526. The molecule has 1 amide bonds. The van der Waals surface area contributed by atoms with Gasteiger partial charge in [0.05, 0.1) is 16.6 Å². The van der Waals surface area contributed by atoms with Gasteiger partial charge in [0.1, 0.15) is 0 Å². The Balaban J connectivity index is 1.62. The lowest BCUT2D eigenvalue weighted by Gasteiger charge is -2.39. The van der Waals surface area contributed by atoms with Gasteiger partial charge >= 0.3 is 0 Å². The van der Waals surface area contributed by atoms with Crippen LogP contribution in [0.1, 0.15) is 68.9 Å². The summed E-state index contributed by atoms with van der Waals surface area (Å²) in [5.74, 6) is 0.705. The molecule has 5 nitrogen and oxygen atoms in total. The van der Waals surface area contributed by atoms with Crippen LogP contribution in [0, 0.1) is 18.3 Å². The fourth-order valence-electron chi connectivity index (χ4n) is 3.65. The van der Waals surface area contributed by atoms with Crippen molar-refractivity contribution in [3.05, 3.63) is 23.5 Å². The molecule has 0 atom stereocenters. The normalized spacial score (nSPS) is 21.8. The molecule has 1 fully saturated rings. The second kappa shape index (κ2) is 6.54. The van der Waals surface area contributed by atoms with Gasteiger partial charge in [-0.15, -0.1) is 0 Å². The van der Waals surface area contributed by atoms with E-state index in [0.717, 1.165) is 29.8 Å². The van der Waals surface area contributed by atoms with Crippen LogP contribution in [0.4, 0.5) is 0 Å². The maximum Gasteiger partial charge on any atom is 0.257 e. The number of aromatic nitrogens is 2. The fourth-order valence-corrected chi connectivity index (χ4v) is 3.65. The molecule has 0 unspecified atom stereocenters. The molecule has 1 aliphatic rings. The van der Waals surface area contributed by atoms with E-state index in [1.807, 2.05) is 13.0 Å². The van der Waals surface area contributed by atoms with Crippen LogP contribution in [-0.4, -0.2) is 22.1 Å². The maximum absolute atomic E-state index is 12.5. The van der Waals surface area contributed by atoms with Gasteiger partial charge in [0.2, 0.25) is 0 Å². The van der Waals surface area contributed by atoms with Gasteiger partial charge in [-0.05, 0) is 50.0 Å². The molecule has 0 spiro atoms. The van der Waals surface area contributed by atoms with Gasteiger partial charge in [-0.25, -0.2) is 4.98 Å². The first-order valence-electron chi connectivity index (χ1n) is 8.93. The van der Waals surface area contributed by atoms with E-state index in [9.17, 15) is 4.79 Å². The van der Waals surface area contributed by atoms with Gasteiger partial charge < -0.3 is 9.84 Å². The van der Waals surface area contributed by atoms with Crippen LogP contribution >= 0.6 is 0 Å². The van der Waals surface area contributed by atoms with Gasteiger partial charge in [0.25, 0.3) is 11.6 Å². The zero-order valence-corrected chi connectivity index (χ0v) is 15.1. The largest absolute Gasteiger partial charge is 0.349 e. The third-order valence-electron chi connectivity index (χ3n) is 5.85. The lowest BCUT2D eigenvalue weighted by molar-refractivity contribution is 0.0893. The summed E-state index contributed by atoms with van der Waals surface area (Å²) in [6.45, 7) is 8.84. The highest BCUT2D eigenvalue weighted by molar-refractivity contribution is 5.97. The zero-order chi connectivity index (χ0) is 17.3. The van der Waals surface area contributed by atoms with Crippen LogP contribution in [0.25, 0.3) is 11.1 Å². The van der Waals surface area contributed by atoms with Crippen molar-refractivity contribution in [1.29, 1.82) is 0 Å². The molecule has 3 rings (SSSR count). The summed E-state index contributed by atoms with van der Waals surface area (Å²) in [6, 6.07) is 2.08. The number of hydrogen-bond donors (Lipinski definition) is 1. The summed E-state index contributed by atoms with van der Waals surface area (Å²) < 4.78 is 5.09. The van der Waals surface area contributed by atoms with Crippen LogP contribution in [0.5, 0.6) is 0 Å². The van der Waals surface area contributed by atoms with Crippen molar-refractivity contribution in [3.63, 3.8) is 0 Å². The van der Waals surface area contributed by atoms with E-state index in [-0.39, 0.29) is 11.9 Å². The first-order chi connectivity index (χ1) is 11.4. The van der Waals surface area contributed by atoms with Crippen LogP contribution in [0.3, 0.4) is 0 Å². The van der Waals surface area contributed by atoms with E-state index in [2.05, 4.69) is 36.2 Å². The molecule has 1 N–H and O–H groups in total. The Kier molecular flexibility index (Phi) is 4.61. The maximum atomic E-state index is 12.5. The van der Waals surface area contributed by atoms with E-state index in [1.165, 1.54) is 19.3 Å². The standard InChI is InChI=1S/C19H27N3O2/c1-5-19(3,4)14-6-8-15(9-7-14)21-17(23)13-10-16-12(2)22-24-18(16)20-11-13/h10-11,14-15H,5-9H2,1-4H3,(H,21,23). The third-order valence-corrected chi connectivity index (χ3v) is 5.85. The summed E-state index contributed by atoms with van der Waals surface area (Å²) in [5, 5.41) is 7.86. The van der Waals surface area contributed by atoms with Gasteiger partial charge in [-0.3, -0.25) is 4.79 Å². The van der Waals surface area contributed by atoms with Crippen molar-refractivity contribution in [2.75, 3.05) is 0 Å². The molecule has 0 aromatic carbocycles. The zero-order valence-electron chi connectivity index (χ0n) is 15.1. The van der Waals surface area contributed by atoms with E-state index in [0.29, 0.717) is 16.7 Å². The molecule has 2 heterocycles. The average Bonchev–Trinajstić information content (AvgIpc) is 2.96. The number of rotatable bonds is 4. The lowest BCUT2D eigenvalue weighted by Crippen LogP contribution is -2.39. The molecule has 0 aliphatic heterocycles. The molecule has 24 heavy (non-hydrogen) atoms. The second-order valence-electron chi connectivity index (χ2n) is 7.71. The Bertz CT molecular complexity index is 727. The monoisotopic (exact) mass is 329 g/mol. The third kappa shape index (κ3) is 3.30. The molecule has 0 bridgehead atoms. The molecular weight excluding hydrogens is 302 g/mol. The lowest BCUT2D eigenvalue weighted by atomic mass is 9.69. The Hall–Kier alpha value is -1.91. The van der Waals surface area contributed by atoms with Crippen molar-refractivity contribution >= 4 is 17.0 Å². The summed E-state index contributed by atoms with van der Waals surface area (Å²) in [5.41, 5.74) is 2.21. The fraction of sp³-hybridized carbons (Fsp3) is 0.632.